The molecule has 0 aromatic rings. The number of hydrogen-bond acceptors (Lipinski definition) is 13. The predicted molar refractivity (Wildman–Crippen MR) is 74.1 cm³/mol. The Morgan fingerprint density at radius 2 is 1.89 bits per heavy atom. The number of carboxylic acids is 1. The number of rotatable bonds is 6. The fourth-order valence-corrected chi connectivity index (χ4v) is 3.04. The van der Waals surface area contributed by atoms with Crippen LogP contribution in [0.2, 0.25) is 0 Å². The van der Waals surface area contributed by atoms with Gasteiger partial charge in [-0.15, -0.1) is 0 Å². The van der Waals surface area contributed by atoms with E-state index in [1.807, 2.05) is 0 Å². The Hall–Kier alpha value is -0.400. The first-order chi connectivity index (χ1) is 12.4. The Morgan fingerprint density at radius 1 is 1.29 bits per heavy atom. The van der Waals surface area contributed by atoms with Gasteiger partial charge in [0.15, 0.2) is 12.1 Å². The molecule has 8 atom stereocenters. The monoisotopic (exact) mass is 439 g/mol. The van der Waals surface area contributed by atoms with Crippen LogP contribution in [0.3, 0.4) is 0 Å². The fraction of sp³-hybridized carbons (Fsp3) is 0.750. The first-order valence-electron chi connectivity index (χ1n) is 7.47. The molecule has 14 nitrogen and oxygen atoms in total. The van der Waals surface area contributed by atoms with Gasteiger partial charge in [0, 0.05) is 0 Å². The van der Waals surface area contributed by atoms with E-state index in [4.69, 9.17) is 14.2 Å². The van der Waals surface area contributed by atoms with Crippen LogP contribution in [-0.4, -0.2) is 95.1 Å². The Labute approximate surface area is 180 Å². The molecule has 156 valence electrons. The summed E-state index contributed by atoms with van der Waals surface area (Å²) in [7, 11) is -5.38. The Morgan fingerprint density at radius 3 is 2.39 bits per heavy atom. The first-order valence-corrected chi connectivity index (χ1v) is 8.81. The van der Waals surface area contributed by atoms with Gasteiger partial charge in [0.05, 0.1) is 6.61 Å². The van der Waals surface area contributed by atoms with Gasteiger partial charge in [-0.3, -0.25) is 4.18 Å². The molecule has 0 aliphatic carbocycles. The molecule has 2 aliphatic rings. The van der Waals surface area contributed by atoms with Gasteiger partial charge < -0.3 is 54.8 Å². The van der Waals surface area contributed by atoms with E-state index in [1.165, 1.54) is 0 Å². The summed E-state index contributed by atoms with van der Waals surface area (Å²) in [5.41, 5.74) is 3.44. The van der Waals surface area contributed by atoms with Crippen LogP contribution in [0, 0.1) is 0 Å². The van der Waals surface area contributed by atoms with Gasteiger partial charge >= 0.3 is 29.6 Å². The zero-order valence-electron chi connectivity index (χ0n) is 14.5. The van der Waals surface area contributed by atoms with Crippen LogP contribution in [0.1, 0.15) is 0 Å². The fourth-order valence-electron chi connectivity index (χ4n) is 2.56. The molecule has 2 rings (SSSR count). The largest absolute Gasteiger partial charge is 1.00 e. The van der Waals surface area contributed by atoms with Crippen LogP contribution < -0.4 is 40.4 Å². The number of ether oxygens (including phenoxy) is 3. The minimum atomic E-state index is -5.38. The van der Waals surface area contributed by atoms with Gasteiger partial charge in [0.25, 0.3) is 0 Å². The third kappa shape index (κ3) is 6.05. The second-order valence-electron chi connectivity index (χ2n) is 5.77. The smallest absolute Gasteiger partial charge is 0.726 e. The standard InChI is InChI=1S/C12H19NO13S.Na/c13-6-7(16)9(5(2-14)23-11(6)19)25-12-8(26-27(20,21)22)3(15)1-4(24-12)10(17)18;/h1,3,5-9,11-12,14-16,19H,2,13H2,(H,17,18)(H,20,21,22);/q;+1/p-1/t3-,5+,6+,7+,8+,9+,11?,12-;/m0./s1. The third-order valence-corrected chi connectivity index (χ3v) is 4.35. The zero-order chi connectivity index (χ0) is 20.5. The summed E-state index contributed by atoms with van der Waals surface area (Å²) in [5, 5.41) is 50.0. The summed E-state index contributed by atoms with van der Waals surface area (Å²) < 4.78 is 51.8. The summed E-state index contributed by atoms with van der Waals surface area (Å²) in [5.74, 6) is -2.84. The summed E-state index contributed by atoms with van der Waals surface area (Å²) in [6.45, 7) is -0.782. The van der Waals surface area contributed by atoms with Crippen molar-refractivity contribution >= 4 is 16.4 Å². The average Bonchev–Trinajstić information content (AvgIpc) is 2.56. The third-order valence-electron chi connectivity index (χ3n) is 3.89. The van der Waals surface area contributed by atoms with Crippen LogP contribution in [0.5, 0.6) is 0 Å². The number of quaternary nitrogens is 1. The molecule has 0 bridgehead atoms. The SMILES string of the molecule is [NH3+][C@H]1C(O)O[C@H](CO)[C@@H](O[C@@H]2OC(C(=O)[O-])=C[C@H](O)[C@H]2OS(=O)(=O)[O-])[C@@H]1O.[Na+]. The Kier molecular flexibility index (Phi) is 9.22. The summed E-state index contributed by atoms with van der Waals surface area (Å²) >= 11 is 0. The Balaban J connectivity index is 0.00000392. The topological polar surface area (TPSA) is 243 Å². The molecule has 1 saturated heterocycles. The summed E-state index contributed by atoms with van der Waals surface area (Å²) in [6.07, 6.45) is -11.6. The number of carboxylic acid groups (broad SMARTS) is 1. The molecule has 1 fully saturated rings. The van der Waals surface area contributed by atoms with Crippen molar-refractivity contribution in [2.75, 3.05) is 6.61 Å². The number of hydrogen-bond donors (Lipinski definition) is 5. The minimum absolute atomic E-state index is 0. The maximum absolute atomic E-state index is 11.0. The molecular formula is C12H18NNaO13S. The average molecular weight is 439 g/mol. The van der Waals surface area contributed by atoms with Gasteiger partial charge in [0.2, 0.25) is 23.0 Å². The van der Waals surface area contributed by atoms with Gasteiger partial charge in [-0.2, -0.15) is 0 Å². The molecule has 2 heterocycles. The van der Waals surface area contributed by atoms with Gasteiger partial charge in [0.1, 0.15) is 36.1 Å². The van der Waals surface area contributed by atoms with E-state index in [1.54, 1.807) is 0 Å². The number of carbonyl (C=O) groups is 1. The molecule has 7 N–H and O–H groups in total. The molecule has 0 spiro atoms. The molecule has 16 heteroatoms. The van der Waals surface area contributed by atoms with E-state index in [0.717, 1.165) is 0 Å². The van der Waals surface area contributed by atoms with E-state index in [9.17, 15) is 43.3 Å². The van der Waals surface area contributed by atoms with Crippen LogP contribution in [0.25, 0.3) is 0 Å². The summed E-state index contributed by atoms with van der Waals surface area (Å²) in [4.78, 5) is 11.0. The quantitative estimate of drug-likeness (QED) is 0.147. The van der Waals surface area contributed by atoms with Gasteiger partial charge in [-0.05, 0) is 6.08 Å². The van der Waals surface area contributed by atoms with E-state index in [0.29, 0.717) is 6.08 Å². The van der Waals surface area contributed by atoms with E-state index in [2.05, 4.69) is 9.92 Å². The van der Waals surface area contributed by atoms with Crippen molar-refractivity contribution in [3.63, 3.8) is 0 Å². The molecule has 0 aromatic heterocycles. The van der Waals surface area contributed by atoms with Gasteiger partial charge in [-0.25, -0.2) is 8.42 Å². The molecule has 0 amide bonds. The van der Waals surface area contributed by atoms with Crippen LogP contribution in [0.15, 0.2) is 11.8 Å². The normalized spacial score (nSPS) is 38.7. The van der Waals surface area contributed by atoms with Crippen molar-refractivity contribution in [2.24, 2.45) is 0 Å². The Bertz CT molecular complexity index is 685. The minimum Gasteiger partial charge on any atom is -0.726 e. The van der Waals surface area contributed by atoms with Crippen molar-refractivity contribution in [3.8, 4) is 0 Å². The van der Waals surface area contributed by atoms with Crippen molar-refractivity contribution in [1.29, 1.82) is 0 Å². The van der Waals surface area contributed by atoms with Crippen LogP contribution in [-0.2, 0) is 33.6 Å². The van der Waals surface area contributed by atoms with Crippen molar-refractivity contribution < 1.29 is 97.0 Å². The van der Waals surface area contributed by atoms with Crippen LogP contribution in [0.4, 0.5) is 0 Å². The number of aliphatic hydroxyl groups is 4. The molecule has 2 aliphatic heterocycles. The predicted octanol–water partition coefficient (Wildman–Crippen LogP) is -9.75. The molecule has 0 aromatic carbocycles. The van der Waals surface area contributed by atoms with Crippen LogP contribution >= 0.6 is 0 Å². The second kappa shape index (κ2) is 10.1. The molecule has 28 heavy (non-hydrogen) atoms. The number of aliphatic hydroxyl groups excluding tert-OH is 4. The molecular weight excluding hydrogens is 421 g/mol. The maximum Gasteiger partial charge on any atom is 1.00 e. The van der Waals surface area contributed by atoms with Gasteiger partial charge in [-0.1, -0.05) is 0 Å². The molecule has 0 radical (unpaired) electrons. The van der Waals surface area contributed by atoms with E-state index >= 15 is 0 Å². The van der Waals surface area contributed by atoms with Crippen molar-refractivity contribution in [3.05, 3.63) is 11.8 Å². The summed E-state index contributed by atoms with van der Waals surface area (Å²) in [6, 6.07) is -1.18. The van der Waals surface area contributed by atoms with E-state index < -0.39 is 77.9 Å². The number of carbonyl (C=O) groups excluding carboxylic acids is 1. The second-order valence-corrected chi connectivity index (χ2v) is 6.78. The molecule has 0 saturated carbocycles. The maximum atomic E-state index is 11.0. The number of aliphatic carboxylic acids is 1. The van der Waals surface area contributed by atoms with Crippen molar-refractivity contribution in [1.82, 2.24) is 0 Å². The molecule has 1 unspecified atom stereocenters. The van der Waals surface area contributed by atoms with E-state index in [-0.39, 0.29) is 29.6 Å². The van der Waals surface area contributed by atoms with Crippen molar-refractivity contribution in [2.45, 2.75) is 49.1 Å². The first kappa shape index (κ1) is 25.6. The zero-order valence-corrected chi connectivity index (χ0v) is 17.3.